The van der Waals surface area contributed by atoms with E-state index in [1.807, 2.05) is 42.0 Å². The molecule has 60 heavy (non-hydrogen) atoms. The second-order valence-electron chi connectivity index (χ2n) is 17.5. The van der Waals surface area contributed by atoms with Gasteiger partial charge in [-0.05, 0) is 88.5 Å². The van der Waals surface area contributed by atoms with Crippen molar-refractivity contribution in [2.24, 2.45) is 17.8 Å². The summed E-state index contributed by atoms with van der Waals surface area (Å²) >= 11 is 0. The summed E-state index contributed by atoms with van der Waals surface area (Å²) in [5, 5.41) is 6.62. The Morgan fingerprint density at radius 2 is 1.82 bits per heavy atom. The molecule has 4 amide bonds. The molecule has 2 aromatic rings. The number of pyridine rings is 1. The van der Waals surface area contributed by atoms with E-state index in [2.05, 4.69) is 15.6 Å². The maximum atomic E-state index is 14.8. The highest BCUT2D eigenvalue weighted by molar-refractivity contribution is 7.91. The Morgan fingerprint density at radius 3 is 2.50 bits per heavy atom. The van der Waals surface area contributed by atoms with Gasteiger partial charge in [-0.2, -0.15) is 18.2 Å². The van der Waals surface area contributed by atoms with Crippen molar-refractivity contribution in [2.45, 2.75) is 126 Å². The van der Waals surface area contributed by atoms with Crippen molar-refractivity contribution in [3.05, 3.63) is 42.0 Å². The zero-order valence-corrected chi connectivity index (χ0v) is 34.7. The SMILES string of the molecule is C[C@@H]1CC/C=C\[C@@H]2C[C@@]2(C(=O)NS(=O)(=O)C2(CF)CC2)NC(=O)[C@@H]2C[C@@H](Oc3nc4c(c5ccccc35)CCCO4)CN2C(=O)[C@@H](NC(=O)OC(C)(C)C(F)(F)F)[C@H](C)C1. The molecule has 2 saturated carbocycles. The number of hydrogen-bond donors (Lipinski definition) is 3. The van der Waals surface area contributed by atoms with Crippen molar-refractivity contribution >= 4 is 44.6 Å². The second-order valence-corrected chi connectivity index (χ2v) is 19.6. The van der Waals surface area contributed by atoms with E-state index >= 15 is 0 Å². The fraction of sp³-hybridized carbons (Fsp3) is 0.634. The number of carbonyl (C=O) groups is 4. The fourth-order valence-corrected chi connectivity index (χ4v) is 9.92. The Kier molecular flexibility index (Phi) is 11.6. The van der Waals surface area contributed by atoms with Crippen LogP contribution in [0.3, 0.4) is 0 Å². The summed E-state index contributed by atoms with van der Waals surface area (Å²) in [5.41, 5.74) is -3.76. The van der Waals surface area contributed by atoms with Gasteiger partial charge in [0, 0.05) is 23.3 Å². The van der Waals surface area contributed by atoms with E-state index in [1.54, 1.807) is 13.0 Å². The van der Waals surface area contributed by atoms with Crippen LogP contribution in [0.2, 0.25) is 0 Å². The van der Waals surface area contributed by atoms with Crippen molar-refractivity contribution in [2.75, 3.05) is 19.8 Å². The average molecular weight is 866 g/mol. The molecule has 2 aliphatic carbocycles. The number of nitrogens with zero attached hydrogens (tertiary/aromatic N) is 2. The van der Waals surface area contributed by atoms with E-state index in [4.69, 9.17) is 14.2 Å². The summed E-state index contributed by atoms with van der Waals surface area (Å²) in [6.07, 6.45) is -0.936. The molecular formula is C41H51F4N5O9S. The molecule has 3 aliphatic heterocycles. The number of benzene rings is 1. The number of amides is 4. The summed E-state index contributed by atoms with van der Waals surface area (Å²) < 4.78 is 99.1. The Labute approximate surface area is 345 Å². The number of allylic oxidation sites excluding steroid dienone is 1. The van der Waals surface area contributed by atoms with Crippen molar-refractivity contribution in [1.29, 1.82) is 0 Å². The third-order valence-electron chi connectivity index (χ3n) is 12.6. The molecule has 4 heterocycles. The van der Waals surface area contributed by atoms with Crippen LogP contribution < -0.4 is 24.8 Å². The number of fused-ring (bicyclic) bond motifs is 5. The molecule has 19 heteroatoms. The van der Waals surface area contributed by atoms with Crippen LogP contribution in [0.5, 0.6) is 11.8 Å². The van der Waals surface area contributed by atoms with Crippen LogP contribution in [-0.2, 0) is 35.6 Å². The van der Waals surface area contributed by atoms with Gasteiger partial charge in [-0.3, -0.25) is 19.1 Å². The minimum absolute atomic E-state index is 0.0163. The van der Waals surface area contributed by atoms with Crippen LogP contribution in [-0.4, -0.2) is 102 Å². The van der Waals surface area contributed by atoms with Crippen molar-refractivity contribution < 1.29 is 59.4 Å². The number of rotatable bonds is 8. The lowest BCUT2D eigenvalue weighted by Gasteiger charge is -2.34. The van der Waals surface area contributed by atoms with Crippen LogP contribution in [0.1, 0.15) is 84.6 Å². The molecule has 0 radical (unpaired) electrons. The molecule has 1 aromatic carbocycles. The van der Waals surface area contributed by atoms with E-state index in [-0.39, 0.29) is 44.0 Å². The first-order chi connectivity index (χ1) is 28.2. The van der Waals surface area contributed by atoms with Crippen molar-refractivity contribution in [3.63, 3.8) is 0 Å². The third-order valence-corrected chi connectivity index (χ3v) is 14.7. The van der Waals surface area contributed by atoms with Crippen molar-refractivity contribution in [3.8, 4) is 11.8 Å². The Balaban J connectivity index is 1.24. The van der Waals surface area contributed by atoms with Crippen molar-refractivity contribution in [1.82, 2.24) is 25.2 Å². The molecule has 7 rings (SSSR count). The van der Waals surface area contributed by atoms with Gasteiger partial charge < -0.3 is 29.7 Å². The molecular weight excluding hydrogens is 815 g/mol. The van der Waals surface area contributed by atoms with Crippen LogP contribution in [0.25, 0.3) is 10.8 Å². The number of carbonyl (C=O) groups excluding carboxylic acids is 4. The first kappa shape index (κ1) is 43.4. The quantitative estimate of drug-likeness (QED) is 0.236. The van der Waals surface area contributed by atoms with Gasteiger partial charge >= 0.3 is 12.3 Å². The van der Waals surface area contributed by atoms with E-state index in [0.29, 0.717) is 51.0 Å². The summed E-state index contributed by atoms with van der Waals surface area (Å²) in [4.78, 5) is 62.4. The number of sulfonamides is 1. The zero-order chi connectivity index (χ0) is 43.4. The second kappa shape index (κ2) is 16.0. The minimum Gasteiger partial charge on any atom is -0.477 e. The highest BCUT2D eigenvalue weighted by Gasteiger charge is 2.64. The molecule has 3 fully saturated rings. The molecule has 5 aliphatic rings. The molecule has 0 spiro atoms. The maximum Gasteiger partial charge on any atom is 0.427 e. The summed E-state index contributed by atoms with van der Waals surface area (Å²) in [6.45, 7) is 3.96. The van der Waals surface area contributed by atoms with Gasteiger partial charge in [-0.15, -0.1) is 0 Å². The molecule has 1 aromatic heterocycles. The molecule has 3 N–H and O–H groups in total. The van der Waals surface area contributed by atoms with Gasteiger partial charge in [0.1, 0.15) is 35.1 Å². The summed E-state index contributed by atoms with van der Waals surface area (Å²) in [6, 6.07) is 4.56. The average Bonchev–Trinajstić information content (AvgIpc) is 4.09. The molecule has 7 atom stereocenters. The first-order valence-electron chi connectivity index (χ1n) is 20.4. The Morgan fingerprint density at radius 1 is 1.10 bits per heavy atom. The van der Waals surface area contributed by atoms with Gasteiger partial charge in [-0.1, -0.05) is 44.2 Å². The summed E-state index contributed by atoms with van der Waals surface area (Å²) in [7, 11) is -4.47. The largest absolute Gasteiger partial charge is 0.477 e. The molecule has 14 nitrogen and oxygen atoms in total. The van der Waals surface area contributed by atoms with Gasteiger partial charge in [0.15, 0.2) is 0 Å². The molecule has 1 saturated heterocycles. The van der Waals surface area contributed by atoms with Gasteiger partial charge in [0.2, 0.25) is 39.2 Å². The number of hydrogen-bond acceptors (Lipinski definition) is 10. The van der Waals surface area contributed by atoms with E-state index in [1.165, 1.54) is 0 Å². The number of alkyl carbamates (subject to hydrolysis) is 1. The van der Waals surface area contributed by atoms with Crippen LogP contribution in [0, 0.1) is 17.8 Å². The van der Waals surface area contributed by atoms with E-state index < -0.39 is 92.6 Å². The number of halogens is 4. The normalized spacial score (nSPS) is 29.9. The number of alkyl halides is 4. The molecule has 0 unspecified atom stereocenters. The monoisotopic (exact) mass is 865 g/mol. The zero-order valence-electron chi connectivity index (χ0n) is 33.9. The van der Waals surface area contributed by atoms with Crippen LogP contribution in [0.15, 0.2) is 36.4 Å². The van der Waals surface area contributed by atoms with E-state index in [0.717, 1.165) is 28.7 Å². The number of ether oxygens (including phenoxy) is 3. The van der Waals surface area contributed by atoms with Crippen LogP contribution >= 0.6 is 0 Å². The Bertz CT molecular complexity index is 2180. The lowest BCUT2D eigenvalue weighted by atomic mass is 9.88. The predicted molar refractivity (Wildman–Crippen MR) is 209 cm³/mol. The summed E-state index contributed by atoms with van der Waals surface area (Å²) in [5.74, 6) is -3.51. The topological polar surface area (TPSA) is 182 Å². The number of aromatic nitrogens is 1. The number of aryl methyl sites for hydroxylation is 1. The molecule has 0 bridgehead atoms. The van der Waals surface area contributed by atoms with E-state index in [9.17, 15) is 45.2 Å². The van der Waals surface area contributed by atoms with Gasteiger partial charge in [-0.25, -0.2) is 17.6 Å². The maximum absolute atomic E-state index is 14.8. The van der Waals surface area contributed by atoms with Gasteiger partial charge in [0.25, 0.3) is 5.91 Å². The lowest BCUT2D eigenvalue weighted by molar-refractivity contribution is -0.244. The third kappa shape index (κ3) is 8.34. The highest BCUT2D eigenvalue weighted by atomic mass is 32.2. The lowest BCUT2D eigenvalue weighted by Crippen LogP contribution is -2.60. The van der Waals surface area contributed by atoms with Crippen LogP contribution in [0.4, 0.5) is 22.4 Å². The first-order valence-corrected chi connectivity index (χ1v) is 21.9. The highest BCUT2D eigenvalue weighted by Crippen LogP contribution is 2.48. The molecule has 328 valence electrons. The minimum atomic E-state index is -4.93. The predicted octanol–water partition coefficient (Wildman–Crippen LogP) is 5.18. The smallest absolute Gasteiger partial charge is 0.427 e. The fourth-order valence-electron chi connectivity index (χ4n) is 8.49. The standard InChI is InChI=1S/C41H51F4N5O9S/c1-23-10-5-6-11-25-20-40(25,36(53)49-60(55,56)39(22-42)15-16-39)48-32(51)30-19-26(58-34-29-13-8-7-12-27(29)28-14-9-17-57-33(28)47-34)21-50(30)35(52)31(24(2)18-23)46-37(54)59-38(3,4)41(43,44)45/h6-8,11-13,23-26,30-31H,5,9-10,14-22H2,1-4H3,(H,46,54)(H,48,51)(H,49,53)/b11-6-/t23-,24-,25-,26-,30+,31+,40-/m1/s1. The Hall–Kier alpha value is -4.68. The number of nitrogens with one attached hydrogen (secondary N) is 3. The van der Waals surface area contributed by atoms with Gasteiger partial charge in [0.05, 0.1) is 13.2 Å².